The Balaban J connectivity index is 1.44. The molecule has 0 bridgehead atoms. The van der Waals surface area contributed by atoms with E-state index in [0.29, 0.717) is 5.69 Å². The molecule has 2 aromatic carbocycles. The Labute approximate surface area is 168 Å². The number of hydrogen-bond acceptors (Lipinski definition) is 4. The summed E-state index contributed by atoms with van der Waals surface area (Å²) in [6.45, 7) is -0.213. The zero-order chi connectivity index (χ0) is 19.5. The van der Waals surface area contributed by atoms with Crippen molar-refractivity contribution in [3.63, 3.8) is 0 Å². The zero-order valence-corrected chi connectivity index (χ0v) is 16.3. The number of nitrogens with one attached hydrogen (secondary N) is 1. The van der Waals surface area contributed by atoms with E-state index in [1.807, 2.05) is 54.6 Å². The maximum atomic E-state index is 12.6. The van der Waals surface area contributed by atoms with Crippen LogP contribution in [0.4, 0.5) is 5.69 Å². The number of imide groups is 1. The number of carbonyl (C=O) groups excluding carboxylic acids is 3. The van der Waals surface area contributed by atoms with Gasteiger partial charge in [0.25, 0.3) is 0 Å². The van der Waals surface area contributed by atoms with Crippen molar-refractivity contribution in [3.8, 4) is 0 Å². The fourth-order valence-electron chi connectivity index (χ4n) is 3.99. The smallest absolute Gasteiger partial charge is 0.244 e. The molecule has 6 heteroatoms. The first-order chi connectivity index (χ1) is 13.6. The Morgan fingerprint density at radius 3 is 2.21 bits per heavy atom. The second-order valence-corrected chi connectivity index (χ2v) is 8.33. The van der Waals surface area contributed by atoms with Crippen molar-refractivity contribution in [2.75, 3.05) is 11.9 Å². The van der Waals surface area contributed by atoms with Crippen LogP contribution in [-0.4, -0.2) is 29.2 Å². The van der Waals surface area contributed by atoms with Gasteiger partial charge in [-0.3, -0.25) is 19.3 Å². The van der Waals surface area contributed by atoms with E-state index in [1.54, 1.807) is 11.8 Å². The molecule has 1 saturated heterocycles. The highest BCUT2D eigenvalue weighted by molar-refractivity contribution is 7.99. The number of carbonyl (C=O) groups is 3. The fraction of sp³-hybridized carbons (Fsp3) is 0.318. The molecule has 0 spiro atoms. The first-order valence-electron chi connectivity index (χ1n) is 9.60. The molecule has 4 rings (SSSR count). The summed E-state index contributed by atoms with van der Waals surface area (Å²) < 4.78 is 0. The third-order valence-corrected chi connectivity index (χ3v) is 6.45. The summed E-state index contributed by atoms with van der Waals surface area (Å²) in [5, 5.41) is 2.87. The Morgan fingerprint density at radius 2 is 1.54 bits per heavy atom. The Bertz CT molecular complexity index is 876. The Hall–Kier alpha value is -2.60. The van der Waals surface area contributed by atoms with Gasteiger partial charge in [0.1, 0.15) is 6.54 Å². The first kappa shape index (κ1) is 18.7. The monoisotopic (exact) mass is 394 g/mol. The van der Waals surface area contributed by atoms with E-state index in [0.717, 1.165) is 40.4 Å². The van der Waals surface area contributed by atoms with E-state index >= 15 is 0 Å². The molecule has 1 N–H and O–H groups in total. The van der Waals surface area contributed by atoms with Crippen molar-refractivity contribution < 1.29 is 14.4 Å². The molecule has 5 nitrogen and oxygen atoms in total. The van der Waals surface area contributed by atoms with Crippen molar-refractivity contribution in [2.45, 2.75) is 35.5 Å². The van der Waals surface area contributed by atoms with Crippen LogP contribution in [0.3, 0.4) is 0 Å². The molecule has 0 unspecified atom stereocenters. The first-order valence-corrected chi connectivity index (χ1v) is 10.4. The number of rotatable bonds is 5. The predicted molar refractivity (Wildman–Crippen MR) is 108 cm³/mol. The van der Waals surface area contributed by atoms with Gasteiger partial charge in [-0.1, -0.05) is 54.9 Å². The van der Waals surface area contributed by atoms with Gasteiger partial charge in [0.15, 0.2) is 0 Å². The van der Waals surface area contributed by atoms with Gasteiger partial charge in [-0.05, 0) is 37.1 Å². The second-order valence-electron chi connectivity index (χ2n) is 7.22. The van der Waals surface area contributed by atoms with Crippen LogP contribution in [0.5, 0.6) is 0 Å². The van der Waals surface area contributed by atoms with Gasteiger partial charge in [0.2, 0.25) is 17.7 Å². The van der Waals surface area contributed by atoms with E-state index in [2.05, 4.69) is 5.32 Å². The molecule has 1 saturated carbocycles. The molecule has 144 valence electrons. The topological polar surface area (TPSA) is 66.5 Å². The third kappa shape index (κ3) is 3.83. The average Bonchev–Trinajstić information content (AvgIpc) is 2.95. The lowest BCUT2D eigenvalue weighted by Crippen LogP contribution is -2.38. The largest absolute Gasteiger partial charge is 0.323 e. The molecule has 2 aromatic rings. The number of anilines is 1. The molecular weight excluding hydrogens is 372 g/mol. The summed E-state index contributed by atoms with van der Waals surface area (Å²) in [5.74, 6) is -1.17. The van der Waals surface area contributed by atoms with Crippen LogP contribution in [0.2, 0.25) is 0 Å². The van der Waals surface area contributed by atoms with Crippen LogP contribution < -0.4 is 5.32 Å². The van der Waals surface area contributed by atoms with Crippen LogP contribution in [0.1, 0.15) is 25.7 Å². The standard InChI is InChI=1S/C22H22N2O3S/c25-20(14-24-21(26)16-10-4-5-11-17(16)22(24)27)23-18-12-6-7-13-19(18)28-15-8-2-1-3-9-15/h1-3,6-9,12-13,16-17H,4-5,10-11,14H2,(H,23,25)/t16-,17-/m1/s1. The van der Waals surface area contributed by atoms with Crippen molar-refractivity contribution in [3.05, 3.63) is 54.6 Å². The molecule has 1 aliphatic heterocycles. The van der Waals surface area contributed by atoms with Crippen molar-refractivity contribution >= 4 is 35.2 Å². The van der Waals surface area contributed by atoms with E-state index in [1.165, 1.54) is 0 Å². The van der Waals surface area contributed by atoms with Crippen LogP contribution in [-0.2, 0) is 14.4 Å². The van der Waals surface area contributed by atoms with Gasteiger partial charge in [0, 0.05) is 9.79 Å². The minimum absolute atomic E-state index is 0.184. The molecule has 0 radical (unpaired) electrons. The Kier molecular flexibility index (Phi) is 5.48. The number of fused-ring (bicyclic) bond motifs is 1. The summed E-state index contributed by atoms with van der Waals surface area (Å²) >= 11 is 1.55. The molecule has 1 heterocycles. The van der Waals surface area contributed by atoms with Gasteiger partial charge >= 0.3 is 0 Å². The maximum Gasteiger partial charge on any atom is 0.244 e. The summed E-state index contributed by atoms with van der Waals surface area (Å²) in [6, 6.07) is 17.4. The van der Waals surface area contributed by atoms with Crippen molar-refractivity contribution in [1.29, 1.82) is 0 Å². The van der Waals surface area contributed by atoms with Gasteiger partial charge in [-0.25, -0.2) is 0 Å². The number of benzene rings is 2. The van der Waals surface area contributed by atoms with E-state index in [-0.39, 0.29) is 36.1 Å². The van der Waals surface area contributed by atoms with Crippen molar-refractivity contribution in [2.24, 2.45) is 11.8 Å². The number of para-hydroxylation sites is 1. The lowest BCUT2D eigenvalue weighted by atomic mass is 9.81. The minimum atomic E-state index is -0.346. The maximum absolute atomic E-state index is 12.6. The molecule has 2 fully saturated rings. The summed E-state index contributed by atoms with van der Waals surface area (Å²) in [5.41, 5.74) is 0.679. The molecule has 1 aliphatic carbocycles. The number of amides is 3. The van der Waals surface area contributed by atoms with Gasteiger partial charge in [-0.15, -0.1) is 0 Å². The SMILES string of the molecule is O=C(CN1C(=O)[C@@H]2CCCC[C@H]2C1=O)Nc1ccccc1Sc1ccccc1. The summed E-state index contributed by atoms with van der Waals surface area (Å²) in [4.78, 5) is 40.9. The van der Waals surface area contributed by atoms with Gasteiger partial charge < -0.3 is 5.32 Å². The van der Waals surface area contributed by atoms with Crippen LogP contribution in [0.25, 0.3) is 0 Å². The lowest BCUT2D eigenvalue weighted by Gasteiger charge is -2.19. The van der Waals surface area contributed by atoms with Gasteiger partial charge in [0.05, 0.1) is 17.5 Å². The van der Waals surface area contributed by atoms with Crippen LogP contribution in [0, 0.1) is 11.8 Å². The molecule has 3 amide bonds. The number of likely N-dealkylation sites (tertiary alicyclic amines) is 1. The Morgan fingerprint density at radius 1 is 0.929 bits per heavy atom. The highest BCUT2D eigenvalue weighted by Crippen LogP contribution is 2.38. The highest BCUT2D eigenvalue weighted by Gasteiger charge is 2.48. The number of hydrogen-bond donors (Lipinski definition) is 1. The van der Waals surface area contributed by atoms with E-state index in [9.17, 15) is 14.4 Å². The lowest BCUT2D eigenvalue weighted by molar-refractivity contribution is -0.142. The zero-order valence-electron chi connectivity index (χ0n) is 15.5. The predicted octanol–water partition coefficient (Wildman–Crippen LogP) is 3.95. The van der Waals surface area contributed by atoms with Gasteiger partial charge in [-0.2, -0.15) is 0 Å². The fourth-order valence-corrected chi connectivity index (χ4v) is 4.92. The minimum Gasteiger partial charge on any atom is -0.323 e. The molecule has 2 aliphatic rings. The summed E-state index contributed by atoms with van der Waals surface area (Å²) in [6.07, 6.45) is 3.46. The molecule has 0 aromatic heterocycles. The van der Waals surface area contributed by atoms with E-state index < -0.39 is 0 Å². The molecule has 28 heavy (non-hydrogen) atoms. The second kappa shape index (κ2) is 8.19. The third-order valence-electron chi connectivity index (χ3n) is 5.37. The van der Waals surface area contributed by atoms with E-state index in [4.69, 9.17) is 0 Å². The number of nitrogens with zero attached hydrogens (tertiary/aromatic N) is 1. The normalized spacial score (nSPS) is 21.5. The molecule has 2 atom stereocenters. The highest BCUT2D eigenvalue weighted by atomic mass is 32.2. The van der Waals surface area contributed by atoms with Crippen molar-refractivity contribution in [1.82, 2.24) is 4.90 Å². The molecular formula is C22H22N2O3S. The summed E-state index contributed by atoms with van der Waals surface area (Å²) in [7, 11) is 0. The van der Waals surface area contributed by atoms with Crippen LogP contribution >= 0.6 is 11.8 Å². The quantitative estimate of drug-likeness (QED) is 0.780. The van der Waals surface area contributed by atoms with Crippen LogP contribution in [0.15, 0.2) is 64.4 Å². The average molecular weight is 394 g/mol.